The van der Waals surface area contributed by atoms with Crippen LogP contribution in [-0.4, -0.2) is 55.4 Å². The number of aromatic nitrogens is 5. The molecule has 3 aromatic heterocycles. The summed E-state index contributed by atoms with van der Waals surface area (Å²) < 4.78 is 1.87. The topological polar surface area (TPSA) is 82.7 Å². The molecule has 1 atom stereocenters. The van der Waals surface area contributed by atoms with Gasteiger partial charge in [-0.3, -0.25) is 0 Å². The minimum atomic E-state index is -0.267. The number of piperidine rings is 1. The number of benzene rings is 1. The Labute approximate surface area is 196 Å². The summed E-state index contributed by atoms with van der Waals surface area (Å²) in [6, 6.07) is 8.25. The molecule has 170 valence electrons. The van der Waals surface area contributed by atoms with Crippen molar-refractivity contribution in [1.29, 1.82) is 0 Å². The second kappa shape index (κ2) is 7.81. The molecule has 6 rings (SSSR count). The van der Waals surface area contributed by atoms with Crippen molar-refractivity contribution in [2.75, 3.05) is 29.4 Å². The lowest BCUT2D eigenvalue weighted by Gasteiger charge is -2.37. The van der Waals surface area contributed by atoms with E-state index in [1.54, 1.807) is 0 Å². The predicted molar refractivity (Wildman–Crippen MR) is 129 cm³/mol. The highest BCUT2D eigenvalue weighted by Crippen LogP contribution is 2.38. The van der Waals surface area contributed by atoms with Gasteiger partial charge in [-0.1, -0.05) is 12.1 Å². The molecule has 5 heterocycles. The van der Waals surface area contributed by atoms with Crippen LogP contribution in [-0.2, 0) is 0 Å². The van der Waals surface area contributed by atoms with Crippen LogP contribution < -0.4 is 9.80 Å². The molecule has 2 saturated heterocycles. The molecule has 0 spiro atoms. The first-order chi connectivity index (χ1) is 16.0. The number of halogens is 1. The van der Waals surface area contributed by atoms with Crippen LogP contribution in [0.5, 0.6) is 0 Å². The Kier molecular flexibility index (Phi) is 4.88. The summed E-state index contributed by atoms with van der Waals surface area (Å²) in [5.74, 6) is 1.80. The minimum Gasteiger partial charge on any atom is -0.389 e. The van der Waals surface area contributed by atoms with E-state index in [9.17, 15) is 5.11 Å². The van der Waals surface area contributed by atoms with Crippen molar-refractivity contribution in [3.63, 3.8) is 0 Å². The lowest BCUT2D eigenvalue weighted by molar-refractivity contribution is 0.141. The molecule has 0 saturated carbocycles. The normalized spacial score (nSPS) is 19.5. The minimum absolute atomic E-state index is 0.0869. The summed E-state index contributed by atoms with van der Waals surface area (Å²) in [6.07, 6.45) is 4.98. The number of rotatable bonds is 3. The van der Waals surface area contributed by atoms with Gasteiger partial charge in [0.2, 0.25) is 5.28 Å². The molecule has 0 bridgehead atoms. The highest BCUT2D eigenvalue weighted by molar-refractivity contribution is 6.28. The van der Waals surface area contributed by atoms with Gasteiger partial charge in [0.05, 0.1) is 23.4 Å². The summed E-state index contributed by atoms with van der Waals surface area (Å²) in [5, 5.41) is 15.9. The van der Waals surface area contributed by atoms with Gasteiger partial charge in [-0.2, -0.15) is 10.1 Å². The third-order valence-corrected chi connectivity index (χ3v) is 6.96. The number of β-amino-alcohol motifs (C(OH)–C–C–N with tert-alkyl or cyclic N) is 1. The van der Waals surface area contributed by atoms with E-state index in [1.165, 1.54) is 0 Å². The van der Waals surface area contributed by atoms with Crippen molar-refractivity contribution in [3.8, 4) is 0 Å². The number of hydrogen-bond acceptors (Lipinski definition) is 7. The summed E-state index contributed by atoms with van der Waals surface area (Å²) in [7, 11) is 0. The summed E-state index contributed by atoms with van der Waals surface area (Å²) in [4.78, 5) is 18.5. The van der Waals surface area contributed by atoms with Crippen molar-refractivity contribution >= 4 is 39.8 Å². The Morgan fingerprint density at radius 3 is 2.70 bits per heavy atom. The van der Waals surface area contributed by atoms with Gasteiger partial charge >= 0.3 is 0 Å². The van der Waals surface area contributed by atoms with Crippen LogP contribution in [0.3, 0.4) is 0 Å². The van der Waals surface area contributed by atoms with E-state index in [0.717, 1.165) is 70.8 Å². The molecule has 4 aromatic rings. The molecule has 0 amide bonds. The molecule has 1 unspecified atom stereocenters. The van der Waals surface area contributed by atoms with Gasteiger partial charge in [-0.05, 0) is 56.3 Å². The SMILES string of the molecule is Cc1cn2nc(C3CCCCN3c3nc(Cl)nc4cccc(C)c34)cc2nc1N1CC(O)C1. The third-order valence-electron chi connectivity index (χ3n) is 6.79. The maximum atomic E-state index is 9.70. The number of aryl methyl sites for hydroxylation is 2. The van der Waals surface area contributed by atoms with Gasteiger partial charge in [-0.25, -0.2) is 14.5 Å². The summed E-state index contributed by atoms with van der Waals surface area (Å²) >= 11 is 6.35. The largest absolute Gasteiger partial charge is 0.389 e. The van der Waals surface area contributed by atoms with Crippen LogP contribution in [0.1, 0.15) is 42.1 Å². The van der Waals surface area contributed by atoms with Gasteiger partial charge in [0, 0.05) is 42.8 Å². The molecule has 8 nitrogen and oxygen atoms in total. The van der Waals surface area contributed by atoms with Crippen molar-refractivity contribution in [1.82, 2.24) is 24.6 Å². The quantitative estimate of drug-likeness (QED) is 0.462. The molecular weight excluding hydrogens is 438 g/mol. The molecule has 2 aliphatic heterocycles. The van der Waals surface area contributed by atoms with Crippen molar-refractivity contribution < 1.29 is 5.11 Å². The average molecular weight is 464 g/mol. The summed E-state index contributed by atoms with van der Waals surface area (Å²) in [5.41, 5.74) is 4.85. The van der Waals surface area contributed by atoms with Gasteiger partial charge in [0.1, 0.15) is 11.6 Å². The lowest BCUT2D eigenvalue weighted by atomic mass is 9.98. The number of aliphatic hydroxyl groups excluding tert-OH is 1. The Morgan fingerprint density at radius 2 is 1.88 bits per heavy atom. The van der Waals surface area contributed by atoms with Crippen molar-refractivity contribution in [3.05, 3.63) is 52.6 Å². The Morgan fingerprint density at radius 1 is 1.03 bits per heavy atom. The fourth-order valence-corrected chi connectivity index (χ4v) is 5.31. The monoisotopic (exact) mass is 463 g/mol. The van der Waals surface area contributed by atoms with E-state index < -0.39 is 0 Å². The molecule has 1 aromatic carbocycles. The molecule has 9 heteroatoms. The van der Waals surface area contributed by atoms with E-state index in [1.807, 2.05) is 29.8 Å². The zero-order valence-corrected chi connectivity index (χ0v) is 19.5. The Hall–Kier alpha value is -2.97. The van der Waals surface area contributed by atoms with Crippen LogP contribution >= 0.6 is 11.6 Å². The van der Waals surface area contributed by atoms with Crippen LogP contribution in [0.15, 0.2) is 30.5 Å². The van der Waals surface area contributed by atoms with Gasteiger partial charge in [-0.15, -0.1) is 0 Å². The molecule has 2 aliphatic rings. The van der Waals surface area contributed by atoms with E-state index in [2.05, 4.69) is 33.8 Å². The number of nitrogens with zero attached hydrogens (tertiary/aromatic N) is 7. The molecule has 2 fully saturated rings. The van der Waals surface area contributed by atoms with E-state index in [0.29, 0.717) is 13.1 Å². The van der Waals surface area contributed by atoms with E-state index >= 15 is 0 Å². The van der Waals surface area contributed by atoms with E-state index in [4.69, 9.17) is 26.7 Å². The standard InChI is InChI=1S/C24H26ClN7O/c1-14-6-5-7-17-21(14)23(28-24(25)26-17)31-9-4-3-8-19(31)18-10-20-27-22(30-12-16(33)13-30)15(2)11-32(20)29-18/h5-7,10-11,16,19,33H,3-4,8-9,12-13H2,1-2H3. The Balaban J connectivity index is 1.43. The molecule has 0 radical (unpaired) electrons. The van der Waals surface area contributed by atoms with Crippen LogP contribution in [0.25, 0.3) is 16.6 Å². The third kappa shape index (κ3) is 3.48. The fraction of sp³-hybridized carbons (Fsp3) is 0.417. The van der Waals surface area contributed by atoms with Crippen LogP contribution in [0.2, 0.25) is 5.28 Å². The zero-order chi connectivity index (χ0) is 22.7. The van der Waals surface area contributed by atoms with Crippen LogP contribution in [0, 0.1) is 13.8 Å². The van der Waals surface area contributed by atoms with Gasteiger partial charge < -0.3 is 14.9 Å². The number of fused-ring (bicyclic) bond motifs is 2. The average Bonchev–Trinajstić information content (AvgIpc) is 3.18. The summed E-state index contributed by atoms with van der Waals surface area (Å²) in [6.45, 7) is 6.27. The van der Waals surface area contributed by atoms with Gasteiger partial charge in [0.15, 0.2) is 5.65 Å². The number of anilines is 2. The van der Waals surface area contributed by atoms with Crippen LogP contribution in [0.4, 0.5) is 11.6 Å². The van der Waals surface area contributed by atoms with E-state index in [-0.39, 0.29) is 17.4 Å². The second-order valence-electron chi connectivity index (χ2n) is 9.17. The number of hydrogen-bond donors (Lipinski definition) is 1. The Bertz CT molecular complexity index is 1360. The smallest absolute Gasteiger partial charge is 0.224 e. The molecule has 1 N–H and O–H groups in total. The van der Waals surface area contributed by atoms with Crippen molar-refractivity contribution in [2.24, 2.45) is 0 Å². The fourth-order valence-electron chi connectivity index (χ4n) is 5.13. The highest BCUT2D eigenvalue weighted by Gasteiger charge is 2.31. The second-order valence-corrected chi connectivity index (χ2v) is 9.51. The maximum absolute atomic E-state index is 9.70. The number of aliphatic hydroxyl groups is 1. The highest BCUT2D eigenvalue weighted by atomic mass is 35.5. The molecular formula is C24H26ClN7O. The lowest BCUT2D eigenvalue weighted by Crippen LogP contribution is -2.51. The molecule has 33 heavy (non-hydrogen) atoms. The van der Waals surface area contributed by atoms with Crippen molar-refractivity contribution in [2.45, 2.75) is 45.3 Å². The first kappa shape index (κ1) is 20.6. The maximum Gasteiger partial charge on any atom is 0.224 e. The zero-order valence-electron chi connectivity index (χ0n) is 18.7. The first-order valence-electron chi connectivity index (χ1n) is 11.5. The molecule has 0 aliphatic carbocycles. The first-order valence-corrected chi connectivity index (χ1v) is 11.8. The predicted octanol–water partition coefficient (Wildman–Crippen LogP) is 3.86. The van der Waals surface area contributed by atoms with Gasteiger partial charge in [0.25, 0.3) is 0 Å².